The summed E-state index contributed by atoms with van der Waals surface area (Å²) in [4.78, 5) is 0. The average molecular weight is 304 g/mol. The van der Waals surface area contributed by atoms with Crippen molar-refractivity contribution in [2.45, 2.75) is 6.61 Å². The van der Waals surface area contributed by atoms with E-state index < -0.39 is 11.6 Å². The Bertz CT molecular complexity index is 675. The maximum atomic E-state index is 13.5. The predicted molar refractivity (Wildman–Crippen MR) is 80.5 cm³/mol. The number of ether oxygens (including phenoxy) is 1. The van der Waals surface area contributed by atoms with Crippen LogP contribution in [0.1, 0.15) is 11.1 Å². The third-order valence-corrected chi connectivity index (χ3v) is 2.70. The standard InChI is InChI=1S/C15H14F2N4O/c16-13-2-1-3-14(17)12(13)9-22-11-6-4-10(5-7-11)8-20-21-15(18)19/h1-8H,9H2,(H4,18,19,21). The van der Waals surface area contributed by atoms with Crippen LogP contribution in [0.2, 0.25) is 0 Å². The molecule has 0 bridgehead atoms. The van der Waals surface area contributed by atoms with E-state index in [0.29, 0.717) is 5.75 Å². The van der Waals surface area contributed by atoms with Crippen LogP contribution in [0.15, 0.2) is 52.7 Å². The van der Waals surface area contributed by atoms with Gasteiger partial charge < -0.3 is 16.2 Å². The van der Waals surface area contributed by atoms with Gasteiger partial charge in [-0.3, -0.25) is 0 Å². The normalized spacial score (nSPS) is 10.6. The molecule has 0 amide bonds. The van der Waals surface area contributed by atoms with E-state index in [2.05, 4.69) is 10.2 Å². The Labute approximate surface area is 125 Å². The van der Waals surface area contributed by atoms with Gasteiger partial charge in [-0.25, -0.2) is 8.78 Å². The highest BCUT2D eigenvalue weighted by molar-refractivity contribution is 5.81. The van der Waals surface area contributed by atoms with Crippen molar-refractivity contribution >= 4 is 12.2 Å². The first-order valence-electron chi connectivity index (χ1n) is 6.34. The van der Waals surface area contributed by atoms with Crippen LogP contribution < -0.4 is 16.2 Å². The van der Waals surface area contributed by atoms with Crippen molar-refractivity contribution in [3.05, 3.63) is 65.2 Å². The highest BCUT2D eigenvalue weighted by Gasteiger charge is 2.08. The number of rotatable bonds is 5. The third-order valence-electron chi connectivity index (χ3n) is 2.70. The lowest BCUT2D eigenvalue weighted by molar-refractivity contribution is 0.292. The molecule has 0 aliphatic carbocycles. The van der Waals surface area contributed by atoms with Crippen molar-refractivity contribution < 1.29 is 13.5 Å². The van der Waals surface area contributed by atoms with E-state index in [4.69, 9.17) is 16.2 Å². The zero-order valence-corrected chi connectivity index (χ0v) is 11.5. The van der Waals surface area contributed by atoms with Gasteiger partial charge in [0.15, 0.2) is 0 Å². The summed E-state index contributed by atoms with van der Waals surface area (Å²) in [5.74, 6) is -0.938. The summed E-state index contributed by atoms with van der Waals surface area (Å²) < 4.78 is 32.3. The SMILES string of the molecule is NC(N)=NN=Cc1ccc(OCc2c(F)cccc2F)cc1. The molecule has 2 aromatic rings. The number of halogens is 2. The average Bonchev–Trinajstić information content (AvgIpc) is 2.48. The summed E-state index contributed by atoms with van der Waals surface area (Å²) in [7, 11) is 0. The quantitative estimate of drug-likeness (QED) is 0.504. The molecule has 7 heteroatoms. The van der Waals surface area contributed by atoms with E-state index >= 15 is 0 Å². The van der Waals surface area contributed by atoms with E-state index in [9.17, 15) is 8.78 Å². The van der Waals surface area contributed by atoms with Gasteiger partial charge in [0, 0.05) is 0 Å². The van der Waals surface area contributed by atoms with Crippen LogP contribution >= 0.6 is 0 Å². The summed E-state index contributed by atoms with van der Waals surface area (Å²) >= 11 is 0. The molecule has 0 unspecified atom stereocenters. The Morgan fingerprint density at radius 3 is 2.27 bits per heavy atom. The van der Waals surface area contributed by atoms with Gasteiger partial charge in [0.2, 0.25) is 5.96 Å². The minimum atomic E-state index is -0.638. The number of hydrogen-bond acceptors (Lipinski definition) is 3. The zero-order chi connectivity index (χ0) is 15.9. The lowest BCUT2D eigenvalue weighted by Gasteiger charge is -2.08. The molecule has 0 aliphatic heterocycles. The number of nitrogens with zero attached hydrogens (tertiary/aromatic N) is 2. The first-order chi connectivity index (χ1) is 10.6. The highest BCUT2D eigenvalue weighted by atomic mass is 19.1. The van der Waals surface area contributed by atoms with Gasteiger partial charge in [0.25, 0.3) is 0 Å². The van der Waals surface area contributed by atoms with Gasteiger partial charge in [0.1, 0.15) is 24.0 Å². The molecular weight excluding hydrogens is 290 g/mol. The maximum absolute atomic E-state index is 13.5. The van der Waals surface area contributed by atoms with Gasteiger partial charge in [-0.05, 0) is 42.0 Å². The molecular formula is C15H14F2N4O. The van der Waals surface area contributed by atoms with Crippen LogP contribution in [0.5, 0.6) is 5.75 Å². The van der Waals surface area contributed by atoms with Crippen molar-refractivity contribution in [2.24, 2.45) is 21.7 Å². The number of guanidine groups is 1. The van der Waals surface area contributed by atoms with Crippen LogP contribution in [0, 0.1) is 11.6 Å². The predicted octanol–water partition coefficient (Wildman–Crippen LogP) is 2.15. The molecule has 0 saturated carbocycles. The van der Waals surface area contributed by atoms with Crippen molar-refractivity contribution in [2.75, 3.05) is 0 Å². The van der Waals surface area contributed by atoms with E-state index in [1.165, 1.54) is 24.4 Å². The number of hydrogen-bond donors (Lipinski definition) is 2. The van der Waals surface area contributed by atoms with Crippen LogP contribution in [0.3, 0.4) is 0 Å². The monoisotopic (exact) mass is 304 g/mol. The molecule has 0 radical (unpaired) electrons. The molecule has 5 nitrogen and oxygen atoms in total. The van der Waals surface area contributed by atoms with Gasteiger partial charge in [-0.2, -0.15) is 5.10 Å². The molecule has 0 fully saturated rings. The molecule has 114 valence electrons. The van der Waals surface area contributed by atoms with Crippen LogP contribution in [0.25, 0.3) is 0 Å². The molecule has 0 aliphatic rings. The van der Waals surface area contributed by atoms with E-state index in [1.807, 2.05) is 0 Å². The fraction of sp³-hybridized carbons (Fsp3) is 0.0667. The van der Waals surface area contributed by atoms with Gasteiger partial charge >= 0.3 is 0 Å². The molecule has 0 spiro atoms. The molecule has 0 aromatic heterocycles. The maximum Gasteiger partial charge on any atom is 0.211 e. The first kappa shape index (κ1) is 15.4. The minimum Gasteiger partial charge on any atom is -0.489 e. The number of nitrogens with two attached hydrogens (primary N) is 2. The highest BCUT2D eigenvalue weighted by Crippen LogP contribution is 2.17. The summed E-state index contributed by atoms with van der Waals surface area (Å²) in [6.45, 7) is -0.195. The zero-order valence-electron chi connectivity index (χ0n) is 11.5. The Hall–Kier alpha value is -2.96. The Kier molecular flexibility index (Phi) is 5.02. The number of benzene rings is 2. The molecule has 2 rings (SSSR count). The topological polar surface area (TPSA) is 86.0 Å². The minimum absolute atomic E-state index is 0.110. The summed E-state index contributed by atoms with van der Waals surface area (Å²) in [5, 5.41) is 7.13. The van der Waals surface area contributed by atoms with Crippen molar-refractivity contribution in [3.63, 3.8) is 0 Å². The Balaban J connectivity index is 2.00. The summed E-state index contributed by atoms with van der Waals surface area (Å²) in [6.07, 6.45) is 1.46. The fourth-order valence-electron chi connectivity index (χ4n) is 1.64. The van der Waals surface area contributed by atoms with E-state index in [1.54, 1.807) is 24.3 Å². The first-order valence-corrected chi connectivity index (χ1v) is 6.34. The molecule has 0 saturated heterocycles. The lowest BCUT2D eigenvalue weighted by Crippen LogP contribution is -2.21. The van der Waals surface area contributed by atoms with Crippen molar-refractivity contribution in [1.82, 2.24) is 0 Å². The molecule has 0 heterocycles. The molecule has 4 N–H and O–H groups in total. The fourth-order valence-corrected chi connectivity index (χ4v) is 1.64. The van der Waals surface area contributed by atoms with E-state index in [-0.39, 0.29) is 18.1 Å². The van der Waals surface area contributed by atoms with Gasteiger partial charge in [0.05, 0.1) is 11.8 Å². The second-order valence-electron chi connectivity index (χ2n) is 4.33. The van der Waals surface area contributed by atoms with Crippen LogP contribution in [0.4, 0.5) is 8.78 Å². The van der Waals surface area contributed by atoms with Crippen molar-refractivity contribution in [1.29, 1.82) is 0 Å². The largest absolute Gasteiger partial charge is 0.489 e. The molecule has 0 atom stereocenters. The summed E-state index contributed by atoms with van der Waals surface area (Å²) in [6, 6.07) is 10.4. The Morgan fingerprint density at radius 1 is 1.05 bits per heavy atom. The van der Waals surface area contributed by atoms with Crippen LogP contribution in [-0.2, 0) is 6.61 Å². The molecule has 22 heavy (non-hydrogen) atoms. The Morgan fingerprint density at radius 2 is 1.68 bits per heavy atom. The van der Waals surface area contributed by atoms with Crippen molar-refractivity contribution in [3.8, 4) is 5.75 Å². The molecule has 2 aromatic carbocycles. The smallest absolute Gasteiger partial charge is 0.211 e. The van der Waals surface area contributed by atoms with Gasteiger partial charge in [-0.15, -0.1) is 5.10 Å². The summed E-state index contributed by atoms with van der Waals surface area (Å²) in [5.41, 5.74) is 10.9. The third kappa shape index (κ3) is 4.27. The van der Waals surface area contributed by atoms with Crippen LogP contribution in [-0.4, -0.2) is 12.2 Å². The van der Waals surface area contributed by atoms with Gasteiger partial charge in [-0.1, -0.05) is 6.07 Å². The van der Waals surface area contributed by atoms with E-state index in [0.717, 1.165) is 5.56 Å². The second-order valence-corrected chi connectivity index (χ2v) is 4.33. The lowest BCUT2D eigenvalue weighted by atomic mass is 10.2. The second kappa shape index (κ2) is 7.16.